The molecule has 2 unspecified atom stereocenters. The number of amidine groups is 1. The SMILES string of the molecule is C[N+](O)(O)c1c(C2CC3CCC(C2)N3C(=O)C2=[N+]=CN2)nc2c(-c3ccc(-n4cccn4)nc3)cnn2c1N. The number of amides is 1. The summed E-state index contributed by atoms with van der Waals surface area (Å²) in [7, 11) is 1.22. The topological polar surface area (TPSA) is 174 Å². The van der Waals surface area contributed by atoms with E-state index in [0.29, 0.717) is 41.4 Å². The number of hydrogen-bond donors (Lipinski definition) is 4. The maximum atomic E-state index is 13.0. The number of nitrogens with two attached hydrogens (primary N) is 1. The first-order valence-electron chi connectivity index (χ1n) is 12.7. The first kappa shape index (κ1) is 23.5. The Morgan fingerprint density at radius 1 is 1.18 bits per heavy atom. The molecule has 7 rings (SSSR count). The monoisotopic (exact) mass is 529 g/mol. The van der Waals surface area contributed by atoms with Crippen molar-refractivity contribution < 1.29 is 15.2 Å². The molecule has 2 fully saturated rings. The van der Waals surface area contributed by atoms with Gasteiger partial charge in [-0.2, -0.15) is 25.1 Å². The zero-order valence-electron chi connectivity index (χ0n) is 21.1. The number of nitrogens with zero attached hydrogens (tertiary/aromatic N) is 9. The fraction of sp³-hybridized carbons (Fsp3) is 0.320. The molecule has 5 N–H and O–H groups in total. The lowest BCUT2D eigenvalue weighted by molar-refractivity contribution is -0.272. The van der Waals surface area contributed by atoms with Crippen LogP contribution in [0.5, 0.6) is 0 Å². The third-order valence-electron chi connectivity index (χ3n) is 7.86. The number of fused-ring (bicyclic) bond motifs is 3. The molecule has 7 heterocycles. The van der Waals surface area contributed by atoms with E-state index in [1.54, 1.807) is 23.3 Å². The third-order valence-corrected chi connectivity index (χ3v) is 7.86. The molecule has 14 nitrogen and oxygen atoms in total. The minimum atomic E-state index is -1.48. The van der Waals surface area contributed by atoms with Crippen LogP contribution in [0.3, 0.4) is 0 Å². The number of quaternary nitrogens is 1. The van der Waals surface area contributed by atoms with Crippen LogP contribution in [-0.2, 0) is 4.79 Å². The molecule has 0 spiro atoms. The molecule has 0 saturated carbocycles. The molecule has 0 radical (unpaired) electrons. The van der Waals surface area contributed by atoms with Crippen LogP contribution in [-0.4, -0.2) is 81.9 Å². The van der Waals surface area contributed by atoms with Crippen LogP contribution in [0.1, 0.15) is 37.3 Å². The van der Waals surface area contributed by atoms with Crippen molar-refractivity contribution in [1.82, 2.24) is 49.1 Å². The second kappa shape index (κ2) is 8.44. The van der Waals surface area contributed by atoms with Crippen molar-refractivity contribution in [2.75, 3.05) is 12.8 Å². The van der Waals surface area contributed by atoms with E-state index >= 15 is 0 Å². The third kappa shape index (κ3) is 3.69. The Morgan fingerprint density at radius 3 is 2.54 bits per heavy atom. The number of nitrogens with one attached hydrogen (secondary N) is 1. The summed E-state index contributed by atoms with van der Waals surface area (Å²) in [5.41, 5.74) is 9.07. The molecule has 3 aliphatic heterocycles. The van der Waals surface area contributed by atoms with Gasteiger partial charge < -0.3 is 10.6 Å². The maximum Gasteiger partial charge on any atom is 0.381 e. The number of rotatable bonds is 5. The van der Waals surface area contributed by atoms with Gasteiger partial charge in [0.25, 0.3) is 12.0 Å². The first-order chi connectivity index (χ1) is 18.8. The molecular formula is C25H27N11O3+2. The van der Waals surface area contributed by atoms with E-state index in [9.17, 15) is 15.2 Å². The van der Waals surface area contributed by atoms with Gasteiger partial charge in [-0.3, -0.25) is 4.79 Å². The van der Waals surface area contributed by atoms with Crippen molar-refractivity contribution in [2.24, 2.45) is 0 Å². The Labute approximate surface area is 221 Å². The summed E-state index contributed by atoms with van der Waals surface area (Å²) in [5.74, 6) is 0.879. The van der Waals surface area contributed by atoms with Gasteiger partial charge in [0.15, 0.2) is 17.3 Å². The number of carbonyl (C=O) groups excluding carboxylic acids is 1. The fourth-order valence-electron chi connectivity index (χ4n) is 6.13. The van der Waals surface area contributed by atoms with Crippen LogP contribution in [0.25, 0.3) is 22.6 Å². The second-order valence-corrected chi connectivity index (χ2v) is 10.3. The van der Waals surface area contributed by atoms with Crippen LogP contribution >= 0.6 is 0 Å². The van der Waals surface area contributed by atoms with Crippen molar-refractivity contribution in [3.05, 3.63) is 48.7 Å². The zero-order chi connectivity index (χ0) is 26.9. The van der Waals surface area contributed by atoms with Crippen molar-refractivity contribution in [3.8, 4) is 16.9 Å². The number of carbonyl (C=O) groups is 1. The number of hydroxylamine groups is 2. The number of nitrogen functional groups attached to an aromatic ring is 1. The molecule has 2 atom stereocenters. The Kier molecular flexibility index (Phi) is 5.09. The summed E-state index contributed by atoms with van der Waals surface area (Å²) in [4.78, 5) is 22.9. The molecular weight excluding hydrogens is 502 g/mol. The number of aromatic nitrogens is 6. The quantitative estimate of drug-likeness (QED) is 0.164. The lowest BCUT2D eigenvalue weighted by Gasteiger charge is -2.38. The maximum absolute atomic E-state index is 13.0. The lowest BCUT2D eigenvalue weighted by atomic mass is 9.86. The van der Waals surface area contributed by atoms with Crippen molar-refractivity contribution in [2.45, 2.75) is 43.7 Å². The molecule has 4 aromatic rings. The van der Waals surface area contributed by atoms with Gasteiger partial charge in [0, 0.05) is 47.7 Å². The normalized spacial score (nSPS) is 22.1. The summed E-state index contributed by atoms with van der Waals surface area (Å²) < 4.78 is 7.12. The highest BCUT2D eigenvalue weighted by Crippen LogP contribution is 2.47. The van der Waals surface area contributed by atoms with Crippen LogP contribution in [0, 0.1) is 0 Å². The summed E-state index contributed by atoms with van der Waals surface area (Å²) in [6.07, 6.45) is 11.3. The predicted molar refractivity (Wildman–Crippen MR) is 141 cm³/mol. The molecule has 0 aliphatic carbocycles. The summed E-state index contributed by atoms with van der Waals surface area (Å²) in [5, 5.41) is 32.9. The number of piperidine rings is 1. The van der Waals surface area contributed by atoms with Crippen LogP contribution in [0.4, 0.5) is 11.5 Å². The van der Waals surface area contributed by atoms with Gasteiger partial charge in [0.2, 0.25) is 0 Å². The van der Waals surface area contributed by atoms with Crippen molar-refractivity contribution >= 4 is 35.2 Å². The first-order valence-corrected chi connectivity index (χ1v) is 12.7. The Balaban J connectivity index is 1.29. The van der Waals surface area contributed by atoms with E-state index in [2.05, 4.69) is 25.2 Å². The van der Waals surface area contributed by atoms with E-state index in [1.165, 1.54) is 17.9 Å². The smallest absolute Gasteiger partial charge is 0.378 e. The molecule has 3 aliphatic rings. The molecule has 39 heavy (non-hydrogen) atoms. The van der Waals surface area contributed by atoms with Gasteiger partial charge in [-0.15, -0.1) is 0 Å². The summed E-state index contributed by atoms with van der Waals surface area (Å²) in [6, 6.07) is 5.58. The van der Waals surface area contributed by atoms with E-state index in [0.717, 1.165) is 18.4 Å². The van der Waals surface area contributed by atoms with Crippen molar-refractivity contribution in [1.29, 1.82) is 0 Å². The van der Waals surface area contributed by atoms with Gasteiger partial charge in [0.1, 0.15) is 12.7 Å². The highest BCUT2D eigenvalue weighted by atomic mass is 16.8. The summed E-state index contributed by atoms with van der Waals surface area (Å²) >= 11 is 0. The van der Waals surface area contributed by atoms with Gasteiger partial charge >= 0.3 is 11.7 Å². The number of hydrogen-bond acceptors (Lipinski definition) is 9. The molecule has 198 valence electrons. The highest BCUT2D eigenvalue weighted by molar-refractivity contribution is 6.41. The van der Waals surface area contributed by atoms with Crippen LogP contribution < -0.4 is 20.5 Å². The molecule has 14 heteroatoms. The number of anilines is 1. The van der Waals surface area contributed by atoms with E-state index in [1.807, 2.05) is 29.3 Å². The number of pyridine rings is 1. The average molecular weight is 530 g/mol. The standard InChI is InChI=1S/C25H26N11O3/c1-36(38,39)21-20(15-9-16-4-5-17(10-15)34(16)25(37)23-28-13-29-23)32-24-18(12-31-35(24)22(21)26)14-3-6-19(27-11-14)33-8-2-7-30-33/h2-3,6-8,11-13,15-17,38-39H,4-5,9-10H2,1H3,(H2,26,31,32)/q+1/p+1. The van der Waals surface area contributed by atoms with Crippen molar-refractivity contribution in [3.63, 3.8) is 0 Å². The molecule has 2 bridgehead atoms. The average Bonchev–Trinajstić information content (AvgIpc) is 3.60. The largest absolute Gasteiger partial charge is 0.381 e. The van der Waals surface area contributed by atoms with Gasteiger partial charge in [-0.25, -0.2) is 24.6 Å². The predicted octanol–water partition coefficient (Wildman–Crippen LogP) is 0.609. The second-order valence-electron chi connectivity index (χ2n) is 10.3. The molecule has 1 amide bonds. The Morgan fingerprint density at radius 2 is 1.95 bits per heavy atom. The summed E-state index contributed by atoms with van der Waals surface area (Å²) in [6.45, 7) is 0. The van der Waals surface area contributed by atoms with Gasteiger partial charge in [0.05, 0.1) is 6.20 Å². The fourth-order valence-corrected chi connectivity index (χ4v) is 6.13. The molecule has 0 aromatic carbocycles. The lowest BCUT2D eigenvalue weighted by Crippen LogP contribution is -2.55. The minimum absolute atomic E-state index is 0.00184. The van der Waals surface area contributed by atoms with Crippen LogP contribution in [0.2, 0.25) is 0 Å². The van der Waals surface area contributed by atoms with E-state index in [4.69, 9.17) is 10.7 Å². The zero-order valence-corrected chi connectivity index (χ0v) is 21.1. The Bertz CT molecular complexity index is 1650. The Hall–Kier alpha value is -4.62. The van der Waals surface area contributed by atoms with E-state index in [-0.39, 0.29) is 35.4 Å². The molecule has 4 aromatic heterocycles. The van der Waals surface area contributed by atoms with Gasteiger partial charge in [-0.1, -0.05) is 0 Å². The van der Waals surface area contributed by atoms with E-state index < -0.39 is 4.81 Å². The van der Waals surface area contributed by atoms with Gasteiger partial charge in [-0.05, 0) is 48.7 Å². The highest BCUT2D eigenvalue weighted by Gasteiger charge is 2.49. The minimum Gasteiger partial charge on any atom is -0.378 e. The van der Waals surface area contributed by atoms with Crippen LogP contribution in [0.15, 0.2) is 43.0 Å². The molecule has 2 saturated heterocycles.